The van der Waals surface area contributed by atoms with Crippen molar-refractivity contribution in [2.45, 2.75) is 4.90 Å². The highest BCUT2D eigenvalue weighted by atomic mass is 32.2. The standard InChI is InChI=1S/C19H23FN4O3S/c1-23(2)19(25)15-13-14(7-8-17(15)24-11-9-21-10-12-24)22-28(26,27)18-6-4-3-5-16(18)20/h3-8,13,21-22H,9-12H2,1-2H3. The van der Waals surface area contributed by atoms with Crippen molar-refractivity contribution in [3.8, 4) is 0 Å². The average molecular weight is 406 g/mol. The van der Waals surface area contributed by atoms with Gasteiger partial charge in [0.15, 0.2) is 0 Å². The molecule has 1 amide bonds. The van der Waals surface area contributed by atoms with Crippen molar-refractivity contribution in [2.24, 2.45) is 0 Å². The Morgan fingerprint density at radius 3 is 2.46 bits per heavy atom. The van der Waals surface area contributed by atoms with E-state index in [-0.39, 0.29) is 11.6 Å². The molecule has 0 bridgehead atoms. The van der Waals surface area contributed by atoms with Gasteiger partial charge in [-0.3, -0.25) is 9.52 Å². The largest absolute Gasteiger partial charge is 0.368 e. The number of rotatable bonds is 5. The maximum Gasteiger partial charge on any atom is 0.264 e. The summed E-state index contributed by atoms with van der Waals surface area (Å²) in [6, 6.07) is 9.96. The second-order valence-electron chi connectivity index (χ2n) is 6.70. The third-order valence-electron chi connectivity index (χ3n) is 4.47. The summed E-state index contributed by atoms with van der Waals surface area (Å²) in [5, 5.41) is 3.26. The molecule has 9 heteroatoms. The smallest absolute Gasteiger partial charge is 0.264 e. The van der Waals surface area contributed by atoms with E-state index in [0.29, 0.717) is 5.56 Å². The van der Waals surface area contributed by atoms with Crippen LogP contribution in [0.4, 0.5) is 15.8 Å². The van der Waals surface area contributed by atoms with Crippen molar-refractivity contribution in [1.82, 2.24) is 10.2 Å². The van der Waals surface area contributed by atoms with Crippen LogP contribution in [0.3, 0.4) is 0 Å². The molecule has 150 valence electrons. The molecule has 1 heterocycles. The molecule has 2 N–H and O–H groups in total. The number of halogens is 1. The lowest BCUT2D eigenvalue weighted by molar-refractivity contribution is 0.0828. The first kappa shape index (κ1) is 20.1. The topological polar surface area (TPSA) is 81.8 Å². The number of hydrogen-bond donors (Lipinski definition) is 2. The lowest BCUT2D eigenvalue weighted by atomic mass is 10.1. The van der Waals surface area contributed by atoms with Gasteiger partial charge >= 0.3 is 0 Å². The number of benzene rings is 2. The van der Waals surface area contributed by atoms with Gasteiger partial charge in [0, 0.05) is 51.6 Å². The van der Waals surface area contributed by atoms with E-state index in [9.17, 15) is 17.6 Å². The zero-order chi connectivity index (χ0) is 20.3. The van der Waals surface area contributed by atoms with Crippen molar-refractivity contribution in [2.75, 3.05) is 49.9 Å². The molecule has 0 atom stereocenters. The fraction of sp³-hybridized carbons (Fsp3) is 0.316. The van der Waals surface area contributed by atoms with Crippen LogP contribution in [0.5, 0.6) is 0 Å². The summed E-state index contributed by atoms with van der Waals surface area (Å²) in [6.45, 7) is 3.09. The Hall–Kier alpha value is -2.65. The van der Waals surface area contributed by atoms with Crippen molar-refractivity contribution < 1.29 is 17.6 Å². The maximum absolute atomic E-state index is 13.9. The lowest BCUT2D eigenvalue weighted by Gasteiger charge is -2.31. The van der Waals surface area contributed by atoms with Crippen LogP contribution < -0.4 is 14.9 Å². The van der Waals surface area contributed by atoms with Crippen LogP contribution in [0.2, 0.25) is 0 Å². The molecule has 28 heavy (non-hydrogen) atoms. The highest BCUT2D eigenvalue weighted by Gasteiger charge is 2.23. The van der Waals surface area contributed by atoms with Gasteiger partial charge in [0.2, 0.25) is 0 Å². The van der Waals surface area contributed by atoms with Crippen LogP contribution >= 0.6 is 0 Å². The van der Waals surface area contributed by atoms with Crippen LogP contribution in [0.15, 0.2) is 47.4 Å². The second kappa shape index (κ2) is 8.15. The van der Waals surface area contributed by atoms with Gasteiger partial charge in [-0.15, -0.1) is 0 Å². The molecule has 0 saturated carbocycles. The summed E-state index contributed by atoms with van der Waals surface area (Å²) in [5.41, 5.74) is 1.34. The van der Waals surface area contributed by atoms with Gasteiger partial charge in [-0.2, -0.15) is 0 Å². The molecule has 2 aromatic carbocycles. The number of nitrogens with zero attached hydrogens (tertiary/aromatic N) is 2. The molecule has 0 spiro atoms. The molecular weight excluding hydrogens is 383 g/mol. The van der Waals surface area contributed by atoms with E-state index in [0.717, 1.165) is 37.9 Å². The number of nitrogens with one attached hydrogen (secondary N) is 2. The van der Waals surface area contributed by atoms with E-state index < -0.39 is 20.7 Å². The Kier molecular flexibility index (Phi) is 5.85. The average Bonchev–Trinajstić information content (AvgIpc) is 2.68. The van der Waals surface area contributed by atoms with Gasteiger partial charge < -0.3 is 15.1 Å². The van der Waals surface area contributed by atoms with Crippen molar-refractivity contribution in [3.05, 3.63) is 53.8 Å². The quantitative estimate of drug-likeness (QED) is 0.791. The van der Waals surface area contributed by atoms with E-state index >= 15 is 0 Å². The predicted octanol–water partition coefficient (Wildman–Crippen LogP) is 1.74. The van der Waals surface area contributed by atoms with Crippen LogP contribution in [0, 0.1) is 5.82 Å². The number of anilines is 2. The molecule has 0 unspecified atom stereocenters. The summed E-state index contributed by atoms with van der Waals surface area (Å²) in [7, 11) is -0.840. The molecule has 2 aromatic rings. The van der Waals surface area contributed by atoms with Crippen molar-refractivity contribution >= 4 is 27.3 Å². The zero-order valence-corrected chi connectivity index (χ0v) is 16.6. The number of amides is 1. The Labute approximate surface area is 164 Å². The van der Waals surface area contributed by atoms with Crippen LogP contribution in [0.25, 0.3) is 0 Å². The SMILES string of the molecule is CN(C)C(=O)c1cc(NS(=O)(=O)c2ccccc2F)ccc1N1CCNCC1. The molecule has 0 aliphatic carbocycles. The molecule has 3 rings (SSSR count). The van der Waals surface area contributed by atoms with E-state index in [1.807, 2.05) is 0 Å². The predicted molar refractivity (Wildman–Crippen MR) is 107 cm³/mol. The molecule has 1 aliphatic heterocycles. The van der Waals surface area contributed by atoms with E-state index in [4.69, 9.17) is 0 Å². The third-order valence-corrected chi connectivity index (χ3v) is 5.88. The normalized spacial score (nSPS) is 14.6. The zero-order valence-electron chi connectivity index (χ0n) is 15.8. The Morgan fingerprint density at radius 2 is 1.82 bits per heavy atom. The van der Waals surface area contributed by atoms with E-state index in [1.165, 1.54) is 29.2 Å². The number of piperazine rings is 1. The molecule has 1 fully saturated rings. The van der Waals surface area contributed by atoms with Gasteiger partial charge in [-0.1, -0.05) is 12.1 Å². The molecule has 7 nitrogen and oxygen atoms in total. The summed E-state index contributed by atoms with van der Waals surface area (Å²) < 4.78 is 41.4. The first-order valence-corrected chi connectivity index (χ1v) is 10.4. The fourth-order valence-electron chi connectivity index (χ4n) is 3.07. The highest BCUT2D eigenvalue weighted by molar-refractivity contribution is 7.92. The molecule has 0 aromatic heterocycles. The van der Waals surface area contributed by atoms with Gasteiger partial charge in [0.05, 0.1) is 5.56 Å². The minimum atomic E-state index is -4.12. The Bertz CT molecular complexity index is 973. The monoisotopic (exact) mass is 406 g/mol. The summed E-state index contributed by atoms with van der Waals surface area (Å²) >= 11 is 0. The minimum absolute atomic E-state index is 0.201. The first-order valence-electron chi connectivity index (χ1n) is 8.88. The minimum Gasteiger partial charge on any atom is -0.368 e. The lowest BCUT2D eigenvalue weighted by Crippen LogP contribution is -2.44. The molecule has 1 aliphatic rings. The molecular formula is C19H23FN4O3S. The number of carbonyl (C=O) groups is 1. The highest BCUT2D eigenvalue weighted by Crippen LogP contribution is 2.27. The van der Waals surface area contributed by atoms with E-state index in [2.05, 4.69) is 14.9 Å². The maximum atomic E-state index is 13.9. The number of carbonyl (C=O) groups excluding carboxylic acids is 1. The molecule has 0 radical (unpaired) electrons. The Balaban J connectivity index is 1.97. The van der Waals surface area contributed by atoms with Gasteiger partial charge in [0.25, 0.3) is 15.9 Å². The third kappa shape index (κ3) is 4.26. The van der Waals surface area contributed by atoms with Crippen LogP contribution in [0.1, 0.15) is 10.4 Å². The summed E-state index contributed by atoms with van der Waals surface area (Å²) in [5.74, 6) is -1.07. The second-order valence-corrected chi connectivity index (χ2v) is 8.36. The number of sulfonamides is 1. The van der Waals surface area contributed by atoms with Gasteiger partial charge in [0.1, 0.15) is 10.7 Å². The summed E-state index contributed by atoms with van der Waals surface area (Å²) in [4.78, 5) is 15.8. The van der Waals surface area contributed by atoms with Crippen LogP contribution in [-0.4, -0.2) is 59.5 Å². The van der Waals surface area contributed by atoms with Crippen molar-refractivity contribution in [1.29, 1.82) is 0 Å². The first-order chi connectivity index (χ1) is 13.3. The molecule has 1 saturated heterocycles. The summed E-state index contributed by atoms with van der Waals surface area (Å²) in [6.07, 6.45) is 0. The van der Waals surface area contributed by atoms with E-state index in [1.54, 1.807) is 26.2 Å². The fourth-order valence-corrected chi connectivity index (χ4v) is 4.20. The van der Waals surface area contributed by atoms with Gasteiger partial charge in [-0.25, -0.2) is 12.8 Å². The van der Waals surface area contributed by atoms with Gasteiger partial charge in [-0.05, 0) is 30.3 Å². The van der Waals surface area contributed by atoms with Crippen LogP contribution in [-0.2, 0) is 10.0 Å². The van der Waals surface area contributed by atoms with Crippen molar-refractivity contribution in [3.63, 3.8) is 0 Å². The number of hydrogen-bond acceptors (Lipinski definition) is 5. The Morgan fingerprint density at radius 1 is 1.14 bits per heavy atom.